The molecule has 0 atom stereocenters. The summed E-state index contributed by atoms with van der Waals surface area (Å²) in [7, 11) is 2.17. The number of nitrogens with zero attached hydrogens (tertiary/aromatic N) is 3. The summed E-state index contributed by atoms with van der Waals surface area (Å²) in [6.45, 7) is 2.88. The summed E-state index contributed by atoms with van der Waals surface area (Å²) in [5, 5.41) is 0.767. The molecule has 1 aliphatic heterocycles. The van der Waals surface area contributed by atoms with E-state index in [1.807, 2.05) is 36.7 Å². The van der Waals surface area contributed by atoms with Crippen molar-refractivity contribution in [2.45, 2.75) is 6.54 Å². The maximum absolute atomic E-state index is 6.22. The summed E-state index contributed by atoms with van der Waals surface area (Å²) < 4.78 is 0. The van der Waals surface area contributed by atoms with Gasteiger partial charge in [-0.2, -0.15) is 0 Å². The molecule has 25 heavy (non-hydrogen) atoms. The summed E-state index contributed by atoms with van der Waals surface area (Å²) in [5.74, 6) is 0. The van der Waals surface area contributed by atoms with Gasteiger partial charge >= 0.3 is 0 Å². The van der Waals surface area contributed by atoms with Gasteiger partial charge in [-0.15, -0.1) is 0 Å². The second kappa shape index (κ2) is 6.87. The smallest absolute Gasteiger partial charge is 0.0457 e. The van der Waals surface area contributed by atoms with Gasteiger partial charge in [-0.3, -0.25) is 4.98 Å². The van der Waals surface area contributed by atoms with Crippen molar-refractivity contribution in [1.82, 2.24) is 9.88 Å². The molecule has 4 heteroatoms. The summed E-state index contributed by atoms with van der Waals surface area (Å²) in [6.07, 6.45) is 3.72. The fourth-order valence-corrected chi connectivity index (χ4v) is 3.55. The highest BCUT2D eigenvalue weighted by atomic mass is 35.5. The number of aromatic nitrogens is 1. The zero-order valence-electron chi connectivity index (χ0n) is 14.2. The summed E-state index contributed by atoms with van der Waals surface area (Å²) in [6, 6.07) is 18.8. The number of likely N-dealkylation sites (N-methyl/N-ethyl adjacent to an activating group) is 1. The Morgan fingerprint density at radius 1 is 0.960 bits per heavy atom. The van der Waals surface area contributed by atoms with Crippen LogP contribution in [0.2, 0.25) is 5.02 Å². The number of rotatable bonds is 2. The molecule has 2 heterocycles. The third-order valence-electron chi connectivity index (χ3n) is 4.63. The SMILES string of the molecule is CN1CCN(c2cccc(Cl)c2)c2ccc(-c3cccnc3)cc2C1. The molecule has 3 aromatic rings. The van der Waals surface area contributed by atoms with Crippen LogP contribution in [0.25, 0.3) is 11.1 Å². The first-order chi connectivity index (χ1) is 12.2. The van der Waals surface area contributed by atoms with E-state index in [9.17, 15) is 0 Å². The van der Waals surface area contributed by atoms with E-state index in [0.29, 0.717) is 0 Å². The van der Waals surface area contributed by atoms with Gasteiger partial charge in [0.1, 0.15) is 0 Å². The number of anilines is 2. The van der Waals surface area contributed by atoms with Crippen LogP contribution >= 0.6 is 11.6 Å². The van der Waals surface area contributed by atoms with Crippen LogP contribution in [0.4, 0.5) is 11.4 Å². The molecule has 0 radical (unpaired) electrons. The van der Waals surface area contributed by atoms with E-state index in [1.54, 1.807) is 0 Å². The molecule has 0 aliphatic carbocycles. The average molecular weight is 350 g/mol. The fraction of sp³-hybridized carbons (Fsp3) is 0.190. The largest absolute Gasteiger partial charge is 0.340 e. The first-order valence-electron chi connectivity index (χ1n) is 8.46. The second-order valence-electron chi connectivity index (χ2n) is 6.45. The maximum Gasteiger partial charge on any atom is 0.0457 e. The number of fused-ring (bicyclic) bond motifs is 1. The zero-order valence-corrected chi connectivity index (χ0v) is 14.9. The Morgan fingerprint density at radius 2 is 1.88 bits per heavy atom. The highest BCUT2D eigenvalue weighted by molar-refractivity contribution is 6.30. The Morgan fingerprint density at radius 3 is 2.68 bits per heavy atom. The van der Waals surface area contributed by atoms with Crippen molar-refractivity contribution < 1.29 is 0 Å². The van der Waals surface area contributed by atoms with Gasteiger partial charge in [-0.25, -0.2) is 0 Å². The third kappa shape index (κ3) is 3.39. The van der Waals surface area contributed by atoms with Gasteiger partial charge in [-0.1, -0.05) is 29.8 Å². The lowest BCUT2D eigenvalue weighted by molar-refractivity contribution is 0.343. The van der Waals surface area contributed by atoms with Gasteiger partial charge in [0.25, 0.3) is 0 Å². The van der Waals surface area contributed by atoms with Crippen LogP contribution in [0, 0.1) is 0 Å². The third-order valence-corrected chi connectivity index (χ3v) is 4.87. The van der Waals surface area contributed by atoms with Crippen LogP contribution < -0.4 is 4.90 Å². The Bertz CT molecular complexity index is 879. The number of hydrogen-bond acceptors (Lipinski definition) is 3. The number of hydrogen-bond donors (Lipinski definition) is 0. The van der Waals surface area contributed by atoms with Crippen molar-refractivity contribution in [3.63, 3.8) is 0 Å². The highest BCUT2D eigenvalue weighted by Gasteiger charge is 2.20. The summed E-state index contributed by atoms with van der Waals surface area (Å²) in [4.78, 5) is 8.96. The van der Waals surface area contributed by atoms with Gasteiger partial charge in [0, 0.05) is 48.4 Å². The minimum atomic E-state index is 0.767. The quantitative estimate of drug-likeness (QED) is 0.650. The predicted octanol–water partition coefficient (Wildman–Crippen LogP) is 4.99. The van der Waals surface area contributed by atoms with Crippen molar-refractivity contribution in [2.75, 3.05) is 25.0 Å². The standard InChI is InChI=1S/C21H20ClN3/c1-24-10-11-25(20-6-2-5-19(22)13-20)21-8-7-16(12-18(21)15-24)17-4-3-9-23-14-17/h2-9,12-14H,10-11,15H2,1H3. The van der Waals surface area contributed by atoms with Crippen LogP contribution in [0.3, 0.4) is 0 Å². The molecular formula is C21H20ClN3. The van der Waals surface area contributed by atoms with Gasteiger partial charge in [0.05, 0.1) is 0 Å². The molecule has 0 N–H and O–H groups in total. The van der Waals surface area contributed by atoms with Crippen LogP contribution in [-0.2, 0) is 6.54 Å². The van der Waals surface area contributed by atoms with E-state index in [2.05, 4.69) is 52.2 Å². The molecule has 126 valence electrons. The van der Waals surface area contributed by atoms with Crippen molar-refractivity contribution in [2.24, 2.45) is 0 Å². The van der Waals surface area contributed by atoms with E-state index in [0.717, 1.165) is 35.9 Å². The van der Waals surface area contributed by atoms with E-state index in [-0.39, 0.29) is 0 Å². The minimum absolute atomic E-state index is 0.767. The number of pyridine rings is 1. The number of halogens is 1. The highest BCUT2D eigenvalue weighted by Crippen LogP contribution is 2.35. The van der Waals surface area contributed by atoms with Gasteiger partial charge in [0.2, 0.25) is 0 Å². The van der Waals surface area contributed by atoms with Crippen LogP contribution in [0.15, 0.2) is 67.0 Å². The van der Waals surface area contributed by atoms with E-state index in [1.165, 1.54) is 16.8 Å². The molecule has 0 saturated heterocycles. The fourth-order valence-electron chi connectivity index (χ4n) is 3.36. The lowest BCUT2D eigenvalue weighted by Crippen LogP contribution is -2.26. The van der Waals surface area contributed by atoms with E-state index in [4.69, 9.17) is 11.6 Å². The zero-order chi connectivity index (χ0) is 17.2. The molecule has 0 bridgehead atoms. The molecule has 0 saturated carbocycles. The molecule has 1 aliphatic rings. The van der Waals surface area contributed by atoms with Gasteiger partial charge < -0.3 is 9.80 Å². The molecule has 4 rings (SSSR count). The monoisotopic (exact) mass is 349 g/mol. The molecule has 3 nitrogen and oxygen atoms in total. The lowest BCUT2D eigenvalue weighted by atomic mass is 10.0. The molecule has 0 fully saturated rings. The van der Waals surface area contributed by atoms with Crippen LogP contribution in [0.1, 0.15) is 5.56 Å². The van der Waals surface area contributed by atoms with Crippen LogP contribution in [-0.4, -0.2) is 30.0 Å². The topological polar surface area (TPSA) is 19.4 Å². The Kier molecular flexibility index (Phi) is 4.43. The van der Waals surface area contributed by atoms with Crippen LogP contribution in [0.5, 0.6) is 0 Å². The van der Waals surface area contributed by atoms with Crippen molar-refractivity contribution in [3.8, 4) is 11.1 Å². The predicted molar refractivity (Wildman–Crippen MR) is 104 cm³/mol. The second-order valence-corrected chi connectivity index (χ2v) is 6.89. The molecule has 0 spiro atoms. The molecule has 0 amide bonds. The Hall–Kier alpha value is -2.36. The van der Waals surface area contributed by atoms with Crippen molar-refractivity contribution in [1.29, 1.82) is 0 Å². The van der Waals surface area contributed by atoms with Crippen molar-refractivity contribution >= 4 is 23.0 Å². The minimum Gasteiger partial charge on any atom is -0.340 e. The first-order valence-corrected chi connectivity index (χ1v) is 8.83. The maximum atomic E-state index is 6.22. The van der Waals surface area contributed by atoms with E-state index < -0.39 is 0 Å². The molecule has 2 aromatic carbocycles. The first kappa shape index (κ1) is 16.1. The molecule has 0 unspecified atom stereocenters. The Balaban J connectivity index is 1.79. The summed E-state index contributed by atoms with van der Waals surface area (Å²) >= 11 is 6.22. The summed E-state index contributed by atoms with van der Waals surface area (Å²) in [5.41, 5.74) is 6.05. The molecule has 1 aromatic heterocycles. The van der Waals surface area contributed by atoms with E-state index >= 15 is 0 Å². The number of benzene rings is 2. The van der Waals surface area contributed by atoms with Gasteiger partial charge in [0.15, 0.2) is 0 Å². The average Bonchev–Trinajstić information content (AvgIpc) is 2.80. The normalized spacial score (nSPS) is 14.9. The van der Waals surface area contributed by atoms with Gasteiger partial charge in [-0.05, 0) is 60.1 Å². The Labute approximate surface area is 153 Å². The molecular weight excluding hydrogens is 330 g/mol. The van der Waals surface area contributed by atoms with Crippen molar-refractivity contribution in [3.05, 3.63) is 77.6 Å². The lowest BCUT2D eigenvalue weighted by Gasteiger charge is -2.25.